The van der Waals surface area contributed by atoms with Crippen molar-refractivity contribution in [3.8, 4) is 0 Å². The summed E-state index contributed by atoms with van der Waals surface area (Å²) in [6.07, 6.45) is 0.993. The first-order chi connectivity index (χ1) is 14.2. The third-order valence-electron chi connectivity index (χ3n) is 5.78. The number of hydrogen-bond acceptors (Lipinski definition) is 2. The molecule has 0 unspecified atom stereocenters. The molecule has 0 spiro atoms. The van der Waals surface area contributed by atoms with Gasteiger partial charge in [0, 0.05) is 18.8 Å². The molecule has 0 radical (unpaired) electrons. The van der Waals surface area contributed by atoms with Crippen LogP contribution >= 0.6 is 0 Å². The lowest BCUT2D eigenvalue weighted by Crippen LogP contribution is -2.30. The molecule has 3 heteroatoms. The van der Waals surface area contributed by atoms with Crippen LogP contribution in [0.1, 0.15) is 101 Å². The van der Waals surface area contributed by atoms with Gasteiger partial charge in [-0.1, -0.05) is 91.8 Å². The van der Waals surface area contributed by atoms with E-state index in [0.29, 0.717) is 36.8 Å². The zero-order valence-electron chi connectivity index (χ0n) is 20.1. The minimum absolute atomic E-state index is 0.364. The normalized spacial score (nSPS) is 11.6. The smallest absolute Gasteiger partial charge is 0.214 e. The van der Waals surface area contributed by atoms with Crippen molar-refractivity contribution in [1.29, 1.82) is 0 Å². The van der Waals surface area contributed by atoms with E-state index in [1.165, 1.54) is 27.9 Å². The van der Waals surface area contributed by atoms with Gasteiger partial charge in [0.05, 0.1) is 5.69 Å². The van der Waals surface area contributed by atoms with Crippen molar-refractivity contribution in [2.45, 2.75) is 79.1 Å². The van der Waals surface area contributed by atoms with Crippen molar-refractivity contribution >= 4 is 17.8 Å². The fourth-order valence-electron chi connectivity index (χ4n) is 4.12. The highest BCUT2D eigenvalue weighted by molar-refractivity contribution is 5.80. The molecular weight excluding hydrogens is 368 g/mol. The summed E-state index contributed by atoms with van der Waals surface area (Å²) in [6.45, 7) is 19.0. The van der Waals surface area contributed by atoms with Crippen LogP contribution in [0.25, 0.3) is 0 Å². The molecule has 0 atom stereocenters. The molecule has 1 N–H and O–H groups in total. The quantitative estimate of drug-likeness (QED) is 0.420. The average molecular weight is 409 g/mol. The highest BCUT2D eigenvalue weighted by Gasteiger charge is 2.19. The Balaban J connectivity index is 2.32. The summed E-state index contributed by atoms with van der Waals surface area (Å²) in [5.74, 6) is 1.62. The SMILES string of the molecule is CC(C)c1cccc(C(C)C)c1NCCN(C=O)c1c(C(C)C)cccc1C(C)C. The molecule has 1 amide bonds. The lowest BCUT2D eigenvalue weighted by molar-refractivity contribution is -0.107. The zero-order chi connectivity index (χ0) is 22.4. The number of benzene rings is 2. The predicted octanol–water partition coefficient (Wildman–Crippen LogP) is 7.26. The van der Waals surface area contributed by atoms with Crippen molar-refractivity contribution < 1.29 is 4.79 Å². The number of carbonyl (C=O) groups excluding carboxylic acids is 1. The van der Waals surface area contributed by atoms with Crippen LogP contribution in [0.4, 0.5) is 11.4 Å². The van der Waals surface area contributed by atoms with Gasteiger partial charge in [0.15, 0.2) is 0 Å². The van der Waals surface area contributed by atoms with Crippen molar-refractivity contribution in [3.63, 3.8) is 0 Å². The van der Waals surface area contributed by atoms with Crippen LogP contribution in [0.15, 0.2) is 36.4 Å². The first kappa shape index (κ1) is 24.0. The van der Waals surface area contributed by atoms with Crippen LogP contribution in [0.2, 0.25) is 0 Å². The first-order valence-electron chi connectivity index (χ1n) is 11.4. The largest absolute Gasteiger partial charge is 0.383 e. The summed E-state index contributed by atoms with van der Waals surface area (Å²) >= 11 is 0. The van der Waals surface area contributed by atoms with Gasteiger partial charge in [0.2, 0.25) is 6.41 Å². The molecule has 0 aliphatic rings. The molecule has 164 valence electrons. The van der Waals surface area contributed by atoms with Crippen LogP contribution in [0.3, 0.4) is 0 Å². The number of carbonyl (C=O) groups is 1. The Hall–Kier alpha value is -2.29. The number of amides is 1. The number of para-hydroxylation sites is 2. The van der Waals surface area contributed by atoms with E-state index in [0.717, 1.165) is 12.1 Å². The van der Waals surface area contributed by atoms with Gasteiger partial charge in [-0.3, -0.25) is 4.79 Å². The minimum Gasteiger partial charge on any atom is -0.383 e. The van der Waals surface area contributed by atoms with Gasteiger partial charge in [-0.15, -0.1) is 0 Å². The summed E-state index contributed by atoms with van der Waals surface area (Å²) in [7, 11) is 0. The van der Waals surface area contributed by atoms with Crippen molar-refractivity contribution in [2.75, 3.05) is 23.3 Å². The van der Waals surface area contributed by atoms with Gasteiger partial charge in [-0.05, 0) is 45.9 Å². The summed E-state index contributed by atoms with van der Waals surface area (Å²) in [5, 5.41) is 3.68. The van der Waals surface area contributed by atoms with Gasteiger partial charge in [0.25, 0.3) is 0 Å². The predicted molar refractivity (Wildman–Crippen MR) is 131 cm³/mol. The third kappa shape index (κ3) is 5.44. The zero-order valence-corrected chi connectivity index (χ0v) is 20.1. The van der Waals surface area contributed by atoms with Crippen molar-refractivity contribution in [1.82, 2.24) is 0 Å². The molecule has 0 aliphatic carbocycles. The van der Waals surface area contributed by atoms with E-state index in [4.69, 9.17) is 0 Å². The fourth-order valence-corrected chi connectivity index (χ4v) is 4.12. The summed E-state index contributed by atoms with van der Waals surface area (Å²) in [5.41, 5.74) is 7.46. The van der Waals surface area contributed by atoms with Gasteiger partial charge >= 0.3 is 0 Å². The van der Waals surface area contributed by atoms with Crippen LogP contribution in [0.5, 0.6) is 0 Å². The Morgan fingerprint density at radius 1 is 0.733 bits per heavy atom. The fraction of sp³-hybridized carbons (Fsp3) is 0.519. The molecule has 0 heterocycles. The Morgan fingerprint density at radius 2 is 1.13 bits per heavy atom. The van der Waals surface area contributed by atoms with E-state index in [1.54, 1.807) is 0 Å². The number of rotatable bonds is 10. The second kappa shape index (κ2) is 10.7. The molecule has 2 rings (SSSR count). The number of anilines is 2. The molecule has 3 nitrogen and oxygen atoms in total. The summed E-state index contributed by atoms with van der Waals surface area (Å²) < 4.78 is 0. The second-order valence-electron chi connectivity index (χ2n) is 9.44. The number of nitrogens with one attached hydrogen (secondary N) is 1. The molecule has 2 aromatic carbocycles. The Kier molecular flexibility index (Phi) is 8.52. The highest BCUT2D eigenvalue weighted by Crippen LogP contribution is 2.35. The molecule has 30 heavy (non-hydrogen) atoms. The maximum atomic E-state index is 12.1. The molecule has 0 saturated carbocycles. The Bertz CT molecular complexity index is 784. The van der Waals surface area contributed by atoms with Crippen LogP contribution in [-0.2, 0) is 4.79 Å². The van der Waals surface area contributed by atoms with Gasteiger partial charge in [0.1, 0.15) is 0 Å². The molecular formula is C27H40N2O. The van der Waals surface area contributed by atoms with Crippen LogP contribution in [-0.4, -0.2) is 19.5 Å². The topological polar surface area (TPSA) is 32.3 Å². The maximum Gasteiger partial charge on any atom is 0.214 e. The van der Waals surface area contributed by atoms with E-state index in [9.17, 15) is 4.79 Å². The molecule has 0 aliphatic heterocycles. The minimum atomic E-state index is 0.364. The standard InChI is InChI=1S/C27H40N2O/c1-18(2)22-11-9-12-23(19(3)4)26(22)28-15-16-29(17-30)27-24(20(5)6)13-10-14-25(27)21(7)8/h9-14,17-21,28H,15-16H2,1-8H3. The molecule has 0 fully saturated rings. The maximum absolute atomic E-state index is 12.1. The lowest BCUT2D eigenvalue weighted by Gasteiger charge is -2.28. The van der Waals surface area contributed by atoms with Gasteiger partial charge in [-0.2, -0.15) is 0 Å². The van der Waals surface area contributed by atoms with Crippen LogP contribution < -0.4 is 10.2 Å². The van der Waals surface area contributed by atoms with Gasteiger partial charge < -0.3 is 10.2 Å². The third-order valence-corrected chi connectivity index (χ3v) is 5.78. The monoisotopic (exact) mass is 408 g/mol. The molecule has 0 aromatic heterocycles. The number of nitrogens with zero attached hydrogens (tertiary/aromatic N) is 1. The van der Waals surface area contributed by atoms with Crippen LogP contribution in [0, 0.1) is 0 Å². The van der Waals surface area contributed by atoms with Crippen molar-refractivity contribution in [2.24, 2.45) is 0 Å². The Labute approximate surface area is 183 Å². The molecule has 2 aromatic rings. The van der Waals surface area contributed by atoms with E-state index in [-0.39, 0.29) is 0 Å². The molecule has 0 saturated heterocycles. The van der Waals surface area contributed by atoms with Gasteiger partial charge in [-0.25, -0.2) is 0 Å². The van der Waals surface area contributed by atoms with E-state index in [2.05, 4.69) is 97.1 Å². The van der Waals surface area contributed by atoms with Crippen molar-refractivity contribution in [3.05, 3.63) is 58.7 Å². The Morgan fingerprint density at radius 3 is 1.50 bits per heavy atom. The van der Waals surface area contributed by atoms with E-state index < -0.39 is 0 Å². The summed E-state index contributed by atoms with van der Waals surface area (Å²) in [6, 6.07) is 13.0. The summed E-state index contributed by atoms with van der Waals surface area (Å²) in [4.78, 5) is 14.0. The number of hydrogen-bond donors (Lipinski definition) is 1. The first-order valence-corrected chi connectivity index (χ1v) is 11.4. The lowest BCUT2D eigenvalue weighted by atomic mass is 9.92. The average Bonchev–Trinajstić information content (AvgIpc) is 2.70. The van der Waals surface area contributed by atoms with E-state index >= 15 is 0 Å². The highest BCUT2D eigenvalue weighted by atomic mass is 16.1. The molecule has 0 bridgehead atoms. The van der Waals surface area contributed by atoms with E-state index in [1.807, 2.05) is 4.90 Å². The second-order valence-corrected chi connectivity index (χ2v) is 9.44.